The number of benzene rings is 1. The van der Waals surface area contributed by atoms with Gasteiger partial charge in [-0.1, -0.05) is 12.1 Å². The Balaban J connectivity index is 1.83. The zero-order chi connectivity index (χ0) is 17.4. The highest BCUT2D eigenvalue weighted by atomic mass is 32.1. The van der Waals surface area contributed by atoms with E-state index in [0.717, 1.165) is 17.1 Å². The van der Waals surface area contributed by atoms with E-state index >= 15 is 0 Å². The number of rotatable bonds is 3. The minimum atomic E-state index is -0.0846. The maximum absolute atomic E-state index is 5.76. The van der Waals surface area contributed by atoms with Crippen molar-refractivity contribution in [3.8, 4) is 0 Å². The van der Waals surface area contributed by atoms with Crippen molar-refractivity contribution in [3.63, 3.8) is 0 Å². The van der Waals surface area contributed by atoms with E-state index in [0.29, 0.717) is 5.11 Å². The van der Waals surface area contributed by atoms with Gasteiger partial charge in [0.1, 0.15) is 11.8 Å². The predicted molar refractivity (Wildman–Crippen MR) is 103 cm³/mol. The summed E-state index contributed by atoms with van der Waals surface area (Å²) in [6.45, 7) is 4.20. The van der Waals surface area contributed by atoms with Crippen molar-refractivity contribution in [3.05, 3.63) is 83.6 Å². The summed E-state index contributed by atoms with van der Waals surface area (Å²) in [6, 6.07) is 16.1. The molecular formula is C20H19N3OS. The van der Waals surface area contributed by atoms with Crippen molar-refractivity contribution >= 4 is 23.0 Å². The Morgan fingerprint density at radius 2 is 1.88 bits per heavy atom. The van der Waals surface area contributed by atoms with Crippen molar-refractivity contribution in [1.29, 1.82) is 0 Å². The van der Waals surface area contributed by atoms with Crippen LogP contribution >= 0.6 is 12.2 Å². The number of furan rings is 1. The highest BCUT2D eigenvalue weighted by Crippen LogP contribution is 2.41. The average Bonchev–Trinajstić information content (AvgIpc) is 3.22. The molecule has 25 heavy (non-hydrogen) atoms. The Morgan fingerprint density at radius 3 is 2.52 bits per heavy atom. The summed E-state index contributed by atoms with van der Waals surface area (Å²) in [7, 11) is 0. The second-order valence-electron chi connectivity index (χ2n) is 6.36. The summed E-state index contributed by atoms with van der Waals surface area (Å²) in [6.07, 6.45) is 3.50. The Morgan fingerprint density at radius 1 is 1.08 bits per heavy atom. The van der Waals surface area contributed by atoms with Crippen molar-refractivity contribution < 1.29 is 4.42 Å². The molecule has 4 nitrogen and oxygen atoms in total. The molecule has 4 rings (SSSR count). The third kappa shape index (κ3) is 2.91. The third-order valence-corrected chi connectivity index (χ3v) is 4.73. The molecule has 2 atom stereocenters. The van der Waals surface area contributed by atoms with Gasteiger partial charge >= 0.3 is 0 Å². The number of pyridine rings is 1. The van der Waals surface area contributed by atoms with Gasteiger partial charge < -0.3 is 14.6 Å². The normalized spacial score (nSPS) is 19.9. The largest absolute Gasteiger partial charge is 0.467 e. The molecule has 3 aromatic rings. The van der Waals surface area contributed by atoms with Gasteiger partial charge in [-0.3, -0.25) is 4.98 Å². The van der Waals surface area contributed by atoms with Crippen LogP contribution in [0.25, 0.3) is 0 Å². The molecule has 0 aliphatic carbocycles. The van der Waals surface area contributed by atoms with Crippen molar-refractivity contribution in [1.82, 2.24) is 10.3 Å². The van der Waals surface area contributed by atoms with Crippen LogP contribution in [-0.2, 0) is 0 Å². The molecule has 1 fully saturated rings. The number of nitrogens with one attached hydrogen (secondary N) is 1. The fourth-order valence-electron chi connectivity index (χ4n) is 3.47. The van der Waals surface area contributed by atoms with E-state index in [1.165, 1.54) is 11.1 Å². The first-order chi connectivity index (χ1) is 12.1. The van der Waals surface area contributed by atoms with Crippen LogP contribution in [0.2, 0.25) is 0 Å². The zero-order valence-corrected chi connectivity index (χ0v) is 15.0. The van der Waals surface area contributed by atoms with E-state index in [1.807, 2.05) is 30.3 Å². The van der Waals surface area contributed by atoms with Crippen LogP contribution in [0, 0.1) is 13.8 Å². The molecule has 0 spiro atoms. The quantitative estimate of drug-likeness (QED) is 0.707. The monoisotopic (exact) mass is 349 g/mol. The molecule has 1 saturated heterocycles. The maximum atomic E-state index is 5.76. The van der Waals surface area contributed by atoms with Gasteiger partial charge in [0.2, 0.25) is 0 Å². The molecule has 5 heteroatoms. The van der Waals surface area contributed by atoms with Crippen molar-refractivity contribution in [2.75, 3.05) is 4.90 Å². The maximum Gasteiger partial charge on any atom is 0.174 e. The minimum Gasteiger partial charge on any atom is -0.467 e. The predicted octanol–water partition coefficient (Wildman–Crippen LogP) is 4.47. The number of anilines is 1. The van der Waals surface area contributed by atoms with Crippen molar-refractivity contribution in [2.45, 2.75) is 25.9 Å². The molecule has 0 radical (unpaired) electrons. The lowest BCUT2D eigenvalue weighted by atomic mass is 10.0. The highest BCUT2D eigenvalue weighted by molar-refractivity contribution is 7.80. The van der Waals surface area contributed by atoms with E-state index in [4.69, 9.17) is 16.6 Å². The summed E-state index contributed by atoms with van der Waals surface area (Å²) in [4.78, 5) is 6.66. The second-order valence-corrected chi connectivity index (χ2v) is 6.74. The Labute approximate surface area is 152 Å². The van der Waals surface area contributed by atoms with Crippen LogP contribution in [0.15, 0.2) is 65.4 Å². The van der Waals surface area contributed by atoms with Crippen LogP contribution in [-0.4, -0.2) is 10.1 Å². The third-order valence-electron chi connectivity index (χ3n) is 4.42. The lowest BCUT2D eigenvalue weighted by Gasteiger charge is -2.26. The number of aromatic nitrogens is 1. The number of thiocarbonyl (C=S) groups is 1. The van der Waals surface area contributed by atoms with E-state index in [1.54, 1.807) is 12.5 Å². The minimum absolute atomic E-state index is 0.0688. The smallest absolute Gasteiger partial charge is 0.174 e. The molecule has 1 aliphatic heterocycles. The highest BCUT2D eigenvalue weighted by Gasteiger charge is 2.42. The van der Waals surface area contributed by atoms with E-state index in [-0.39, 0.29) is 12.1 Å². The first-order valence-corrected chi connectivity index (χ1v) is 8.66. The molecule has 1 aromatic carbocycles. The standard InChI is InChI=1S/C20H19N3OS/c1-13-10-14(2)12-15(11-13)23-19(17-7-5-9-24-17)18(22-20(23)25)16-6-3-4-8-21-16/h3-12,18-19H,1-2H3,(H,22,25)/t18-,19-/m0/s1. The summed E-state index contributed by atoms with van der Waals surface area (Å²) in [5, 5.41) is 4.11. The van der Waals surface area contributed by atoms with E-state index in [2.05, 4.69) is 47.2 Å². The van der Waals surface area contributed by atoms with Gasteiger partial charge in [0, 0.05) is 11.9 Å². The molecule has 3 heterocycles. The van der Waals surface area contributed by atoms with Crippen LogP contribution in [0.5, 0.6) is 0 Å². The summed E-state index contributed by atoms with van der Waals surface area (Å²) in [5.74, 6) is 0.863. The van der Waals surface area contributed by atoms with E-state index in [9.17, 15) is 0 Å². The molecule has 126 valence electrons. The fraction of sp³-hybridized carbons (Fsp3) is 0.200. The molecule has 0 bridgehead atoms. The Bertz CT molecular complexity index is 872. The first kappa shape index (κ1) is 15.8. The van der Waals surface area contributed by atoms with Crippen LogP contribution in [0.1, 0.15) is 34.7 Å². The van der Waals surface area contributed by atoms with Crippen LogP contribution in [0.4, 0.5) is 5.69 Å². The lowest BCUT2D eigenvalue weighted by Crippen LogP contribution is -2.29. The molecule has 0 amide bonds. The molecule has 1 N–H and O–H groups in total. The fourth-order valence-corrected chi connectivity index (χ4v) is 3.82. The van der Waals surface area contributed by atoms with Gasteiger partial charge in [0.05, 0.1) is 18.0 Å². The topological polar surface area (TPSA) is 41.3 Å². The SMILES string of the molecule is Cc1cc(C)cc(N2C(=S)N[C@@H](c3ccccn3)[C@@H]2c2ccco2)c1. The molecule has 2 aromatic heterocycles. The number of hydrogen-bond acceptors (Lipinski definition) is 3. The van der Waals surface area contributed by atoms with Gasteiger partial charge in [-0.15, -0.1) is 0 Å². The number of nitrogens with zero attached hydrogens (tertiary/aromatic N) is 2. The Kier molecular flexibility index (Phi) is 4.01. The van der Waals surface area contributed by atoms with Gasteiger partial charge in [0.25, 0.3) is 0 Å². The lowest BCUT2D eigenvalue weighted by molar-refractivity contribution is 0.432. The zero-order valence-electron chi connectivity index (χ0n) is 14.1. The van der Waals surface area contributed by atoms with Crippen molar-refractivity contribution in [2.24, 2.45) is 0 Å². The summed E-state index contributed by atoms with van der Waals surface area (Å²) >= 11 is 5.68. The van der Waals surface area contributed by atoms with Gasteiger partial charge in [-0.25, -0.2) is 0 Å². The average molecular weight is 349 g/mol. The molecular weight excluding hydrogens is 330 g/mol. The van der Waals surface area contributed by atoms with E-state index < -0.39 is 0 Å². The second kappa shape index (κ2) is 6.33. The summed E-state index contributed by atoms with van der Waals surface area (Å²) < 4.78 is 5.76. The van der Waals surface area contributed by atoms with Gasteiger partial charge in [-0.05, 0) is 73.6 Å². The van der Waals surface area contributed by atoms with Crippen LogP contribution < -0.4 is 10.2 Å². The molecule has 0 unspecified atom stereocenters. The molecule has 1 aliphatic rings. The Hall–Kier alpha value is -2.66. The van der Waals surface area contributed by atoms with Crippen LogP contribution in [0.3, 0.4) is 0 Å². The number of hydrogen-bond donors (Lipinski definition) is 1. The first-order valence-electron chi connectivity index (χ1n) is 8.26. The molecule has 0 saturated carbocycles. The van der Waals surface area contributed by atoms with Gasteiger partial charge in [0.15, 0.2) is 5.11 Å². The summed E-state index contributed by atoms with van der Waals surface area (Å²) in [5.41, 5.74) is 4.42. The van der Waals surface area contributed by atoms with Gasteiger partial charge in [-0.2, -0.15) is 0 Å². The number of aryl methyl sites for hydroxylation is 2.